The van der Waals surface area contributed by atoms with Crippen LogP contribution in [0.25, 0.3) is 0 Å². The molecule has 1 atom stereocenters. The highest BCUT2D eigenvalue weighted by Crippen LogP contribution is 2.14. The van der Waals surface area contributed by atoms with E-state index in [1.807, 2.05) is 12.1 Å². The van der Waals surface area contributed by atoms with Crippen molar-refractivity contribution in [1.82, 2.24) is 9.80 Å². The van der Waals surface area contributed by atoms with Crippen molar-refractivity contribution in [2.45, 2.75) is 18.9 Å². The lowest BCUT2D eigenvalue weighted by molar-refractivity contribution is 0.270. The number of nitrogen functional groups attached to an aromatic ring is 1. The summed E-state index contributed by atoms with van der Waals surface area (Å²) in [6.45, 7) is 3.61. The van der Waals surface area contributed by atoms with Crippen molar-refractivity contribution in [3.63, 3.8) is 0 Å². The van der Waals surface area contributed by atoms with Crippen LogP contribution in [0, 0.1) is 0 Å². The summed E-state index contributed by atoms with van der Waals surface area (Å²) in [5.41, 5.74) is 7.91. The topological polar surface area (TPSA) is 32.5 Å². The number of likely N-dealkylation sites (tertiary alicyclic amines) is 1. The summed E-state index contributed by atoms with van der Waals surface area (Å²) in [5, 5.41) is 0. The van der Waals surface area contributed by atoms with Gasteiger partial charge in [-0.25, -0.2) is 0 Å². The second-order valence-electron chi connectivity index (χ2n) is 5.20. The second-order valence-corrected chi connectivity index (χ2v) is 5.20. The molecular formula is C14H23N3. The number of likely N-dealkylation sites (N-methyl/N-ethyl adjacent to an activating group) is 1. The molecule has 1 aliphatic rings. The van der Waals surface area contributed by atoms with Crippen LogP contribution in [0.3, 0.4) is 0 Å². The fraction of sp³-hybridized carbons (Fsp3) is 0.571. The molecule has 0 amide bonds. The molecule has 1 saturated heterocycles. The van der Waals surface area contributed by atoms with Gasteiger partial charge in [0.2, 0.25) is 0 Å². The molecule has 0 bridgehead atoms. The zero-order valence-electron chi connectivity index (χ0n) is 10.9. The average molecular weight is 233 g/mol. The number of anilines is 1. The van der Waals surface area contributed by atoms with Gasteiger partial charge in [0.25, 0.3) is 0 Å². The highest BCUT2D eigenvalue weighted by Gasteiger charge is 2.23. The molecule has 0 aliphatic carbocycles. The maximum Gasteiger partial charge on any atom is 0.0314 e. The molecule has 1 fully saturated rings. The zero-order chi connectivity index (χ0) is 12.3. The molecule has 0 saturated carbocycles. The van der Waals surface area contributed by atoms with E-state index in [1.165, 1.54) is 25.1 Å². The Kier molecular flexibility index (Phi) is 4.02. The molecule has 1 aromatic carbocycles. The minimum absolute atomic E-state index is 0.737. The summed E-state index contributed by atoms with van der Waals surface area (Å²) in [6, 6.07) is 8.98. The van der Waals surface area contributed by atoms with Crippen molar-refractivity contribution in [2.24, 2.45) is 0 Å². The van der Waals surface area contributed by atoms with Gasteiger partial charge in [0.15, 0.2) is 0 Å². The molecule has 1 unspecified atom stereocenters. The van der Waals surface area contributed by atoms with Crippen molar-refractivity contribution in [3.8, 4) is 0 Å². The van der Waals surface area contributed by atoms with Crippen LogP contribution in [0.2, 0.25) is 0 Å². The predicted molar refractivity (Wildman–Crippen MR) is 73.1 cm³/mol. The maximum absolute atomic E-state index is 5.68. The predicted octanol–water partition coefficient (Wildman–Crippen LogP) is 1.45. The van der Waals surface area contributed by atoms with Crippen LogP contribution in [-0.2, 0) is 6.42 Å². The minimum Gasteiger partial charge on any atom is -0.399 e. The van der Waals surface area contributed by atoms with Gasteiger partial charge in [0, 0.05) is 24.8 Å². The number of rotatable bonds is 4. The summed E-state index contributed by atoms with van der Waals surface area (Å²) in [4.78, 5) is 4.89. The number of nitrogens with zero attached hydrogens (tertiary/aromatic N) is 2. The molecular weight excluding hydrogens is 210 g/mol. The highest BCUT2D eigenvalue weighted by molar-refractivity contribution is 5.39. The maximum atomic E-state index is 5.68. The van der Waals surface area contributed by atoms with Crippen LogP contribution in [0.4, 0.5) is 5.69 Å². The molecule has 94 valence electrons. The molecule has 1 aliphatic heterocycles. The summed E-state index contributed by atoms with van der Waals surface area (Å²) < 4.78 is 0. The number of benzene rings is 1. The molecule has 0 aromatic heterocycles. The molecule has 3 heteroatoms. The first-order valence-electron chi connectivity index (χ1n) is 6.38. The Morgan fingerprint density at radius 2 is 2.00 bits per heavy atom. The lowest BCUT2D eigenvalue weighted by Gasteiger charge is -2.20. The van der Waals surface area contributed by atoms with Gasteiger partial charge < -0.3 is 15.5 Å². The van der Waals surface area contributed by atoms with E-state index in [2.05, 4.69) is 36.0 Å². The fourth-order valence-electron chi connectivity index (χ4n) is 2.41. The summed E-state index contributed by atoms with van der Waals surface area (Å²) >= 11 is 0. The third kappa shape index (κ3) is 3.45. The van der Waals surface area contributed by atoms with Crippen LogP contribution < -0.4 is 5.73 Å². The Hall–Kier alpha value is -1.06. The van der Waals surface area contributed by atoms with Gasteiger partial charge in [-0.3, -0.25) is 0 Å². The van der Waals surface area contributed by atoms with Crippen LogP contribution in [0.1, 0.15) is 12.0 Å². The van der Waals surface area contributed by atoms with Crippen LogP contribution in [0.5, 0.6) is 0 Å². The molecule has 3 nitrogen and oxygen atoms in total. The van der Waals surface area contributed by atoms with Gasteiger partial charge in [0.1, 0.15) is 0 Å². The monoisotopic (exact) mass is 233 g/mol. The molecule has 0 radical (unpaired) electrons. The van der Waals surface area contributed by atoms with Crippen molar-refractivity contribution in [3.05, 3.63) is 29.8 Å². The van der Waals surface area contributed by atoms with Gasteiger partial charge in [-0.2, -0.15) is 0 Å². The van der Waals surface area contributed by atoms with Gasteiger partial charge in [-0.1, -0.05) is 12.1 Å². The standard InChI is InChI=1S/C14H23N3/c1-16(2)14-8-10-17(11-14)9-7-12-3-5-13(15)6-4-12/h3-6,14H,7-11,15H2,1-2H3. The van der Waals surface area contributed by atoms with Gasteiger partial charge in [0.05, 0.1) is 0 Å². The molecule has 1 aromatic rings. The SMILES string of the molecule is CN(C)C1CCN(CCc2ccc(N)cc2)C1. The average Bonchev–Trinajstić information content (AvgIpc) is 2.77. The zero-order valence-corrected chi connectivity index (χ0v) is 10.9. The third-order valence-electron chi connectivity index (χ3n) is 3.67. The molecule has 17 heavy (non-hydrogen) atoms. The van der Waals surface area contributed by atoms with E-state index in [-0.39, 0.29) is 0 Å². The molecule has 1 heterocycles. The minimum atomic E-state index is 0.737. The first kappa shape index (κ1) is 12.4. The molecule has 0 spiro atoms. The first-order valence-corrected chi connectivity index (χ1v) is 6.38. The lowest BCUT2D eigenvalue weighted by atomic mass is 10.1. The van der Waals surface area contributed by atoms with Crippen molar-refractivity contribution >= 4 is 5.69 Å². The summed E-state index contributed by atoms with van der Waals surface area (Å²) in [5.74, 6) is 0. The van der Waals surface area contributed by atoms with Gasteiger partial charge in [-0.05, 0) is 51.2 Å². The number of hydrogen-bond acceptors (Lipinski definition) is 3. The normalized spacial score (nSPS) is 21.2. The quantitative estimate of drug-likeness (QED) is 0.799. The Bertz CT molecular complexity index is 345. The van der Waals surface area contributed by atoms with Crippen molar-refractivity contribution in [1.29, 1.82) is 0 Å². The van der Waals surface area contributed by atoms with Gasteiger partial charge >= 0.3 is 0 Å². The smallest absolute Gasteiger partial charge is 0.0314 e. The Balaban J connectivity index is 1.78. The highest BCUT2D eigenvalue weighted by atomic mass is 15.2. The third-order valence-corrected chi connectivity index (χ3v) is 3.67. The van der Waals surface area contributed by atoms with E-state index < -0.39 is 0 Å². The first-order chi connectivity index (χ1) is 8.15. The largest absolute Gasteiger partial charge is 0.399 e. The van der Waals surface area contributed by atoms with Crippen LogP contribution >= 0.6 is 0 Å². The van der Waals surface area contributed by atoms with Gasteiger partial charge in [-0.15, -0.1) is 0 Å². The Morgan fingerprint density at radius 1 is 1.29 bits per heavy atom. The van der Waals surface area contributed by atoms with Crippen molar-refractivity contribution < 1.29 is 0 Å². The van der Waals surface area contributed by atoms with E-state index in [0.29, 0.717) is 0 Å². The summed E-state index contributed by atoms with van der Waals surface area (Å²) in [7, 11) is 4.35. The van der Waals surface area contributed by atoms with Crippen LogP contribution in [-0.4, -0.2) is 49.6 Å². The Morgan fingerprint density at radius 3 is 2.59 bits per heavy atom. The lowest BCUT2D eigenvalue weighted by Crippen LogP contribution is -2.32. The fourth-order valence-corrected chi connectivity index (χ4v) is 2.41. The molecule has 2 N–H and O–H groups in total. The van der Waals surface area contributed by atoms with E-state index in [4.69, 9.17) is 5.73 Å². The van der Waals surface area contributed by atoms with E-state index >= 15 is 0 Å². The van der Waals surface area contributed by atoms with E-state index in [1.54, 1.807) is 0 Å². The summed E-state index contributed by atoms with van der Waals surface area (Å²) in [6.07, 6.45) is 2.43. The van der Waals surface area contributed by atoms with E-state index in [0.717, 1.165) is 24.7 Å². The number of hydrogen-bond donors (Lipinski definition) is 1. The number of nitrogens with two attached hydrogens (primary N) is 1. The van der Waals surface area contributed by atoms with E-state index in [9.17, 15) is 0 Å². The van der Waals surface area contributed by atoms with Crippen molar-refractivity contribution in [2.75, 3.05) is 39.5 Å². The Labute approximate surface area is 104 Å². The second kappa shape index (κ2) is 5.52. The van der Waals surface area contributed by atoms with Crippen LogP contribution in [0.15, 0.2) is 24.3 Å². The molecule has 2 rings (SSSR count).